The first-order valence-electron chi connectivity index (χ1n) is 5.43. The Hall–Kier alpha value is -1.07. The summed E-state index contributed by atoms with van der Waals surface area (Å²) in [5.41, 5.74) is 0.788. The van der Waals surface area contributed by atoms with Crippen LogP contribution in [0, 0.1) is 5.82 Å². The number of aliphatic hydroxyl groups excluding tert-OH is 1. The maximum absolute atomic E-state index is 12.9. The molecule has 0 radical (unpaired) electrons. The van der Waals surface area contributed by atoms with Gasteiger partial charge < -0.3 is 10.4 Å². The lowest BCUT2D eigenvalue weighted by Gasteiger charge is -2.16. The van der Waals surface area contributed by atoms with Crippen LogP contribution in [0.15, 0.2) is 24.3 Å². The molecule has 0 aromatic heterocycles. The Balaban J connectivity index is 2.37. The molecule has 96 valence electrons. The number of nitrogens with one attached hydrogen (secondary N) is 1. The molecule has 0 amide bonds. The molecule has 1 aromatic rings. The van der Waals surface area contributed by atoms with E-state index in [0.717, 1.165) is 5.56 Å². The highest BCUT2D eigenvalue weighted by molar-refractivity contribution is 5.17. The van der Waals surface area contributed by atoms with Gasteiger partial charge in [0.25, 0.3) is 6.43 Å². The van der Waals surface area contributed by atoms with Gasteiger partial charge in [0, 0.05) is 12.6 Å². The Bertz CT molecular complexity index is 346. The molecule has 2 unspecified atom stereocenters. The van der Waals surface area contributed by atoms with Gasteiger partial charge in [-0.2, -0.15) is 0 Å². The van der Waals surface area contributed by atoms with Crippen molar-refractivity contribution in [1.29, 1.82) is 0 Å². The van der Waals surface area contributed by atoms with Crippen molar-refractivity contribution in [2.45, 2.75) is 31.9 Å². The van der Waals surface area contributed by atoms with Crippen LogP contribution in [0.1, 0.15) is 12.5 Å². The number of benzene rings is 1. The van der Waals surface area contributed by atoms with Crippen LogP contribution in [0.25, 0.3) is 0 Å². The zero-order valence-corrected chi connectivity index (χ0v) is 9.54. The van der Waals surface area contributed by atoms with Crippen molar-refractivity contribution in [2.24, 2.45) is 0 Å². The molecule has 0 fully saturated rings. The average Bonchev–Trinajstić information content (AvgIpc) is 2.25. The number of rotatable bonds is 6. The summed E-state index contributed by atoms with van der Waals surface area (Å²) in [5.74, 6) is -0.317. The van der Waals surface area contributed by atoms with Crippen LogP contribution in [0.5, 0.6) is 0 Å². The molecule has 0 saturated heterocycles. The van der Waals surface area contributed by atoms with E-state index in [1.165, 1.54) is 12.1 Å². The van der Waals surface area contributed by atoms with Crippen LogP contribution in [-0.2, 0) is 6.42 Å². The SMILES string of the molecule is CC(Cc1cccc(F)c1)NCC(O)C(F)F. The van der Waals surface area contributed by atoms with Gasteiger partial charge in [-0.1, -0.05) is 12.1 Å². The van der Waals surface area contributed by atoms with Crippen LogP contribution in [0.3, 0.4) is 0 Å². The van der Waals surface area contributed by atoms with Gasteiger partial charge in [-0.05, 0) is 31.0 Å². The number of hydrogen-bond acceptors (Lipinski definition) is 2. The van der Waals surface area contributed by atoms with Gasteiger partial charge in [0.15, 0.2) is 0 Å². The first-order valence-corrected chi connectivity index (χ1v) is 5.43. The summed E-state index contributed by atoms with van der Waals surface area (Å²) in [5, 5.41) is 11.7. The lowest BCUT2D eigenvalue weighted by molar-refractivity contribution is -0.00434. The van der Waals surface area contributed by atoms with Crippen LogP contribution in [-0.4, -0.2) is 30.2 Å². The van der Waals surface area contributed by atoms with Crippen molar-refractivity contribution < 1.29 is 18.3 Å². The minimum Gasteiger partial charge on any atom is -0.386 e. The first kappa shape index (κ1) is 14.0. The molecule has 0 saturated carbocycles. The van der Waals surface area contributed by atoms with Crippen molar-refractivity contribution in [2.75, 3.05) is 6.54 Å². The summed E-state index contributed by atoms with van der Waals surface area (Å²) >= 11 is 0. The van der Waals surface area contributed by atoms with E-state index in [2.05, 4.69) is 5.32 Å². The van der Waals surface area contributed by atoms with Gasteiger partial charge in [0.1, 0.15) is 11.9 Å². The van der Waals surface area contributed by atoms with E-state index in [4.69, 9.17) is 5.11 Å². The first-order chi connectivity index (χ1) is 7.99. The average molecular weight is 247 g/mol. The summed E-state index contributed by atoms with van der Waals surface area (Å²) in [4.78, 5) is 0. The summed E-state index contributed by atoms with van der Waals surface area (Å²) in [6, 6.07) is 6.02. The molecule has 0 aliphatic carbocycles. The van der Waals surface area contributed by atoms with Gasteiger partial charge in [0.2, 0.25) is 0 Å². The molecule has 5 heteroatoms. The fraction of sp³-hybridized carbons (Fsp3) is 0.500. The van der Waals surface area contributed by atoms with Gasteiger partial charge >= 0.3 is 0 Å². The second-order valence-electron chi connectivity index (χ2n) is 4.05. The van der Waals surface area contributed by atoms with Crippen molar-refractivity contribution in [1.82, 2.24) is 5.32 Å². The predicted molar refractivity (Wildman–Crippen MR) is 59.6 cm³/mol. The molecule has 0 bridgehead atoms. The molecule has 2 N–H and O–H groups in total. The minimum atomic E-state index is -2.75. The van der Waals surface area contributed by atoms with Gasteiger partial charge in [-0.25, -0.2) is 13.2 Å². The second-order valence-corrected chi connectivity index (χ2v) is 4.05. The molecule has 0 aliphatic rings. The van der Waals surface area contributed by atoms with Crippen molar-refractivity contribution in [3.8, 4) is 0 Å². The normalized spacial score (nSPS) is 14.9. The van der Waals surface area contributed by atoms with Crippen LogP contribution in [0.2, 0.25) is 0 Å². The third-order valence-electron chi connectivity index (χ3n) is 2.40. The van der Waals surface area contributed by atoms with Gasteiger partial charge in [0.05, 0.1) is 0 Å². The molecular weight excluding hydrogens is 231 g/mol. The third kappa shape index (κ3) is 5.19. The quantitative estimate of drug-likeness (QED) is 0.805. The Labute approximate surface area is 98.5 Å². The number of hydrogen-bond donors (Lipinski definition) is 2. The molecule has 1 aromatic carbocycles. The zero-order valence-electron chi connectivity index (χ0n) is 9.54. The van der Waals surface area contributed by atoms with E-state index in [0.29, 0.717) is 6.42 Å². The Morgan fingerprint density at radius 1 is 1.35 bits per heavy atom. The van der Waals surface area contributed by atoms with Gasteiger partial charge in [-0.15, -0.1) is 0 Å². The largest absolute Gasteiger partial charge is 0.386 e. The topological polar surface area (TPSA) is 32.3 Å². The predicted octanol–water partition coefficient (Wildman–Crippen LogP) is 1.97. The maximum Gasteiger partial charge on any atom is 0.265 e. The number of alkyl halides is 2. The smallest absolute Gasteiger partial charge is 0.265 e. The highest BCUT2D eigenvalue weighted by atomic mass is 19.3. The Morgan fingerprint density at radius 3 is 2.65 bits per heavy atom. The van der Waals surface area contributed by atoms with E-state index in [9.17, 15) is 13.2 Å². The highest BCUT2D eigenvalue weighted by Gasteiger charge is 2.17. The van der Waals surface area contributed by atoms with Crippen LogP contribution in [0.4, 0.5) is 13.2 Å². The standard InChI is InChI=1S/C12H16F3NO/c1-8(16-7-11(17)12(14)15)5-9-3-2-4-10(13)6-9/h2-4,6,8,11-12,16-17H,5,7H2,1H3. The summed E-state index contributed by atoms with van der Waals surface area (Å²) < 4.78 is 36.9. The summed E-state index contributed by atoms with van der Waals surface area (Å²) in [6.45, 7) is 1.62. The van der Waals surface area contributed by atoms with Crippen molar-refractivity contribution >= 4 is 0 Å². The fourth-order valence-corrected chi connectivity index (χ4v) is 1.50. The molecule has 1 rings (SSSR count). The van der Waals surface area contributed by atoms with E-state index < -0.39 is 12.5 Å². The van der Waals surface area contributed by atoms with Gasteiger partial charge in [-0.3, -0.25) is 0 Å². The molecular formula is C12H16F3NO. The lowest BCUT2D eigenvalue weighted by atomic mass is 10.1. The molecule has 2 nitrogen and oxygen atoms in total. The molecule has 0 heterocycles. The second kappa shape index (κ2) is 6.61. The summed E-state index contributed by atoms with van der Waals surface area (Å²) in [7, 11) is 0. The van der Waals surface area contributed by atoms with E-state index in [1.807, 2.05) is 0 Å². The molecule has 2 atom stereocenters. The zero-order chi connectivity index (χ0) is 12.8. The Kier molecular flexibility index (Phi) is 5.44. The highest BCUT2D eigenvalue weighted by Crippen LogP contribution is 2.07. The van der Waals surface area contributed by atoms with Crippen LogP contribution < -0.4 is 5.32 Å². The van der Waals surface area contributed by atoms with Crippen molar-refractivity contribution in [3.05, 3.63) is 35.6 Å². The monoisotopic (exact) mass is 247 g/mol. The van der Waals surface area contributed by atoms with E-state index in [1.54, 1.807) is 19.1 Å². The summed E-state index contributed by atoms with van der Waals surface area (Å²) in [6.07, 6.45) is -3.89. The number of aliphatic hydroxyl groups is 1. The lowest BCUT2D eigenvalue weighted by Crippen LogP contribution is -2.38. The Morgan fingerprint density at radius 2 is 2.06 bits per heavy atom. The number of halogens is 3. The molecule has 17 heavy (non-hydrogen) atoms. The van der Waals surface area contributed by atoms with Crippen LogP contribution >= 0.6 is 0 Å². The fourth-order valence-electron chi connectivity index (χ4n) is 1.50. The third-order valence-corrected chi connectivity index (χ3v) is 2.40. The van der Waals surface area contributed by atoms with Crippen molar-refractivity contribution in [3.63, 3.8) is 0 Å². The minimum absolute atomic E-state index is 0.106. The molecule has 0 spiro atoms. The van der Waals surface area contributed by atoms with E-state index >= 15 is 0 Å². The maximum atomic E-state index is 12.9. The molecule has 0 aliphatic heterocycles. The van der Waals surface area contributed by atoms with E-state index in [-0.39, 0.29) is 18.4 Å².